The largest absolute Gasteiger partial charge is 0.325 e. The Labute approximate surface area is 172 Å². The van der Waals surface area contributed by atoms with Crippen molar-refractivity contribution in [3.63, 3.8) is 0 Å². The van der Waals surface area contributed by atoms with Crippen LogP contribution in [0.1, 0.15) is 23.5 Å². The zero-order valence-corrected chi connectivity index (χ0v) is 16.7. The molecule has 0 aromatic heterocycles. The average Bonchev–Trinajstić information content (AvgIpc) is 2.69. The van der Waals surface area contributed by atoms with E-state index in [9.17, 15) is 14.9 Å². The minimum Gasteiger partial charge on any atom is -0.325 e. The van der Waals surface area contributed by atoms with E-state index in [0.29, 0.717) is 21.3 Å². The third kappa shape index (κ3) is 4.75. The van der Waals surface area contributed by atoms with E-state index in [2.05, 4.69) is 16.7 Å². The van der Waals surface area contributed by atoms with Crippen LogP contribution in [0.2, 0.25) is 5.02 Å². The van der Waals surface area contributed by atoms with Gasteiger partial charge in [0.2, 0.25) is 11.8 Å². The van der Waals surface area contributed by atoms with E-state index in [0.717, 1.165) is 22.9 Å². The van der Waals surface area contributed by atoms with E-state index >= 15 is 0 Å². The molecule has 3 rings (SSSR count). The highest BCUT2D eigenvalue weighted by molar-refractivity contribution is 8.03. The van der Waals surface area contributed by atoms with Gasteiger partial charge >= 0.3 is 0 Å². The summed E-state index contributed by atoms with van der Waals surface area (Å²) in [6.45, 7) is 1.88. The number of aryl methyl sites for hydroxylation is 1. The molecule has 0 radical (unpaired) electrons. The summed E-state index contributed by atoms with van der Waals surface area (Å²) in [7, 11) is 0. The van der Waals surface area contributed by atoms with Crippen LogP contribution in [-0.4, -0.2) is 17.6 Å². The molecular weight excluding hydrogens is 394 g/mol. The third-order valence-corrected chi connectivity index (χ3v) is 5.79. The van der Waals surface area contributed by atoms with E-state index in [1.165, 1.54) is 0 Å². The number of thioether (sulfide) groups is 1. The quantitative estimate of drug-likeness (QED) is 0.765. The van der Waals surface area contributed by atoms with Crippen LogP contribution in [0.4, 0.5) is 5.69 Å². The fourth-order valence-corrected chi connectivity index (χ4v) is 3.97. The molecule has 5 nitrogen and oxygen atoms in total. The first kappa shape index (κ1) is 20.0. The van der Waals surface area contributed by atoms with Crippen LogP contribution in [0.15, 0.2) is 59.1 Å². The zero-order chi connectivity index (χ0) is 20.1. The molecule has 0 saturated carbocycles. The van der Waals surface area contributed by atoms with Crippen molar-refractivity contribution >= 4 is 40.9 Å². The lowest BCUT2D eigenvalue weighted by molar-refractivity contribution is -0.121. The molecule has 0 saturated heterocycles. The highest BCUT2D eigenvalue weighted by atomic mass is 35.5. The second-order valence-corrected chi connectivity index (χ2v) is 7.76. The van der Waals surface area contributed by atoms with E-state index in [4.69, 9.17) is 11.6 Å². The Morgan fingerprint density at radius 1 is 1.32 bits per heavy atom. The molecule has 1 aliphatic rings. The number of anilines is 1. The number of hydrogen-bond donors (Lipinski definition) is 2. The smallest absolute Gasteiger partial charge is 0.234 e. The van der Waals surface area contributed by atoms with E-state index in [1.54, 1.807) is 12.1 Å². The van der Waals surface area contributed by atoms with Crippen LogP contribution >= 0.6 is 23.4 Å². The summed E-state index contributed by atoms with van der Waals surface area (Å²) in [5, 5.41) is 16.2. The third-order valence-electron chi connectivity index (χ3n) is 4.36. The Hall–Kier alpha value is -2.75. The van der Waals surface area contributed by atoms with E-state index in [1.807, 2.05) is 43.3 Å². The van der Waals surface area contributed by atoms with Crippen molar-refractivity contribution in [3.8, 4) is 6.07 Å². The summed E-state index contributed by atoms with van der Waals surface area (Å²) in [5.41, 5.74) is 2.91. The summed E-state index contributed by atoms with van der Waals surface area (Å²) in [6.07, 6.45) is 0.213. The fourth-order valence-electron chi connectivity index (χ4n) is 2.91. The minimum absolute atomic E-state index is 0.0633. The normalized spacial score (nSPS) is 16.3. The Bertz CT molecular complexity index is 983. The van der Waals surface area contributed by atoms with Crippen molar-refractivity contribution in [1.82, 2.24) is 5.32 Å². The number of carbonyl (C=O) groups is 2. The van der Waals surface area contributed by atoms with Crippen molar-refractivity contribution in [2.45, 2.75) is 19.3 Å². The van der Waals surface area contributed by atoms with Crippen molar-refractivity contribution in [2.75, 3.05) is 11.1 Å². The zero-order valence-electron chi connectivity index (χ0n) is 15.2. The average molecular weight is 412 g/mol. The highest BCUT2D eigenvalue weighted by Crippen LogP contribution is 2.35. The van der Waals surface area contributed by atoms with E-state index in [-0.39, 0.29) is 29.9 Å². The molecule has 0 bridgehead atoms. The van der Waals surface area contributed by atoms with Gasteiger partial charge in [0, 0.05) is 23.0 Å². The molecule has 0 fully saturated rings. The number of hydrogen-bond acceptors (Lipinski definition) is 4. The van der Waals surface area contributed by atoms with Gasteiger partial charge < -0.3 is 10.6 Å². The Morgan fingerprint density at radius 2 is 2.07 bits per heavy atom. The molecule has 2 N–H and O–H groups in total. The molecule has 1 heterocycles. The van der Waals surface area contributed by atoms with Crippen LogP contribution in [0.5, 0.6) is 0 Å². The number of amides is 2. The maximum absolute atomic E-state index is 12.3. The molecule has 0 aliphatic carbocycles. The Morgan fingerprint density at radius 3 is 2.75 bits per heavy atom. The molecule has 28 heavy (non-hydrogen) atoms. The lowest BCUT2D eigenvalue weighted by Gasteiger charge is -2.25. The summed E-state index contributed by atoms with van der Waals surface area (Å²) in [4.78, 5) is 24.4. The van der Waals surface area contributed by atoms with Crippen molar-refractivity contribution in [3.05, 3.63) is 75.3 Å². The minimum atomic E-state index is -0.304. The molecule has 1 aliphatic heterocycles. The molecule has 2 aromatic rings. The molecule has 2 aromatic carbocycles. The van der Waals surface area contributed by atoms with Crippen LogP contribution in [0.25, 0.3) is 0 Å². The molecule has 142 valence electrons. The van der Waals surface area contributed by atoms with Crippen LogP contribution in [0, 0.1) is 18.3 Å². The first-order valence-electron chi connectivity index (χ1n) is 8.66. The number of halogens is 1. The highest BCUT2D eigenvalue weighted by Gasteiger charge is 2.29. The predicted molar refractivity (Wildman–Crippen MR) is 112 cm³/mol. The first-order chi connectivity index (χ1) is 13.5. The summed E-state index contributed by atoms with van der Waals surface area (Å²) in [5.74, 6) is -0.651. The predicted octanol–water partition coefficient (Wildman–Crippen LogP) is 4.36. The van der Waals surface area contributed by atoms with Crippen molar-refractivity contribution in [2.24, 2.45) is 0 Å². The van der Waals surface area contributed by atoms with Gasteiger partial charge in [0.15, 0.2) is 0 Å². The molecule has 1 atom stereocenters. The lowest BCUT2D eigenvalue weighted by atomic mass is 9.87. The number of nitrogens with zero attached hydrogens (tertiary/aromatic N) is 1. The van der Waals surface area contributed by atoms with Crippen LogP contribution in [-0.2, 0) is 9.59 Å². The SMILES string of the molecule is Cc1ccc(NC(=O)CSC2=C(C#N)[C@H](c3ccccc3)CC(=O)N2)cc1Cl. The maximum Gasteiger partial charge on any atom is 0.234 e. The maximum atomic E-state index is 12.3. The summed E-state index contributed by atoms with van der Waals surface area (Å²) >= 11 is 7.22. The van der Waals surface area contributed by atoms with Gasteiger partial charge in [-0.2, -0.15) is 5.26 Å². The number of nitrogens with one attached hydrogen (secondary N) is 2. The molecule has 0 unspecified atom stereocenters. The summed E-state index contributed by atoms with van der Waals surface area (Å²) < 4.78 is 0. The van der Waals surface area contributed by atoms with Crippen molar-refractivity contribution < 1.29 is 9.59 Å². The van der Waals surface area contributed by atoms with Gasteiger partial charge in [-0.15, -0.1) is 0 Å². The van der Waals surface area contributed by atoms with Crippen LogP contribution < -0.4 is 10.6 Å². The van der Waals surface area contributed by atoms with Gasteiger partial charge in [-0.05, 0) is 30.2 Å². The first-order valence-corrected chi connectivity index (χ1v) is 10.0. The van der Waals surface area contributed by atoms with Crippen molar-refractivity contribution in [1.29, 1.82) is 5.26 Å². The molecular formula is C21H18ClN3O2S. The number of nitriles is 1. The van der Waals surface area contributed by atoms with Gasteiger partial charge in [-0.25, -0.2) is 0 Å². The number of carbonyl (C=O) groups excluding carboxylic acids is 2. The van der Waals surface area contributed by atoms with Gasteiger partial charge in [0.05, 0.1) is 22.4 Å². The lowest BCUT2D eigenvalue weighted by Crippen LogP contribution is -2.31. The summed E-state index contributed by atoms with van der Waals surface area (Å²) in [6, 6.07) is 16.9. The standard InChI is InChI=1S/C21H18ClN3O2S/c1-13-7-8-15(9-18(13)22)24-20(27)12-28-21-17(11-23)16(10-19(26)25-21)14-5-3-2-4-6-14/h2-9,16H,10,12H2,1H3,(H,24,27)(H,25,26)/t16-/m0/s1. The van der Waals surface area contributed by atoms with Gasteiger partial charge in [0.25, 0.3) is 0 Å². The second kappa shape index (κ2) is 8.96. The molecule has 2 amide bonds. The monoisotopic (exact) mass is 411 g/mol. The Kier molecular flexibility index (Phi) is 6.40. The van der Waals surface area contributed by atoms with Crippen LogP contribution in [0.3, 0.4) is 0 Å². The van der Waals surface area contributed by atoms with Gasteiger partial charge in [-0.1, -0.05) is 59.8 Å². The topological polar surface area (TPSA) is 82.0 Å². The molecule has 7 heteroatoms. The number of benzene rings is 2. The second-order valence-electron chi connectivity index (χ2n) is 6.37. The molecule has 0 spiro atoms. The number of allylic oxidation sites excluding steroid dienone is 1. The fraction of sp³-hybridized carbons (Fsp3) is 0.190. The Balaban J connectivity index is 1.73. The van der Waals surface area contributed by atoms with E-state index < -0.39 is 0 Å². The van der Waals surface area contributed by atoms with Gasteiger partial charge in [-0.3, -0.25) is 9.59 Å². The number of rotatable bonds is 5. The van der Waals surface area contributed by atoms with Gasteiger partial charge in [0.1, 0.15) is 0 Å².